The number of carbonyl (C=O) groups excluding carboxylic acids is 1. The average Bonchev–Trinajstić information content (AvgIpc) is 2.72. The molecule has 0 aromatic heterocycles. The van der Waals surface area contributed by atoms with E-state index in [0.29, 0.717) is 18.8 Å². The van der Waals surface area contributed by atoms with E-state index in [9.17, 15) is 4.79 Å². The summed E-state index contributed by atoms with van der Waals surface area (Å²) >= 11 is 0. The molecule has 0 saturated heterocycles. The first-order valence-corrected chi connectivity index (χ1v) is 10.7. The van der Waals surface area contributed by atoms with Crippen molar-refractivity contribution in [2.45, 2.75) is 58.4 Å². The number of amides is 1. The number of nitrogens with one attached hydrogen (secondary N) is 1. The highest BCUT2D eigenvalue weighted by Crippen LogP contribution is 2.45. The van der Waals surface area contributed by atoms with Crippen molar-refractivity contribution in [3.05, 3.63) is 59.2 Å². The van der Waals surface area contributed by atoms with E-state index in [1.807, 2.05) is 30.3 Å². The van der Waals surface area contributed by atoms with Gasteiger partial charge in [0.05, 0.1) is 13.3 Å². The Morgan fingerprint density at radius 1 is 1.30 bits per heavy atom. The van der Waals surface area contributed by atoms with Crippen LogP contribution in [0.25, 0.3) is 0 Å². The molecular weight excluding hydrogens is 374 g/mol. The molecule has 0 fully saturated rings. The topological polar surface area (TPSA) is 53.9 Å². The quantitative estimate of drug-likeness (QED) is 0.525. The van der Waals surface area contributed by atoms with Gasteiger partial charge in [0.1, 0.15) is 5.75 Å². The maximum atomic E-state index is 12.1. The monoisotopic (exact) mass is 407 g/mol. The number of hydrogen-bond donors (Lipinski definition) is 1. The fourth-order valence-electron chi connectivity index (χ4n) is 4.54. The van der Waals surface area contributed by atoms with E-state index in [2.05, 4.69) is 55.3 Å². The van der Waals surface area contributed by atoms with Crippen LogP contribution in [0.1, 0.15) is 63.1 Å². The van der Waals surface area contributed by atoms with E-state index < -0.39 is 0 Å². The van der Waals surface area contributed by atoms with E-state index in [-0.39, 0.29) is 11.4 Å². The third-order valence-electron chi connectivity index (χ3n) is 5.93. The molecular formula is C25H33N3O2. The molecule has 3 rings (SSSR count). The third kappa shape index (κ3) is 4.84. The second-order valence-corrected chi connectivity index (χ2v) is 8.59. The van der Waals surface area contributed by atoms with Crippen molar-refractivity contribution in [3.63, 3.8) is 0 Å². The summed E-state index contributed by atoms with van der Waals surface area (Å²) in [7, 11) is 1.67. The Bertz CT molecular complexity index is 906. The van der Waals surface area contributed by atoms with Crippen molar-refractivity contribution < 1.29 is 9.53 Å². The van der Waals surface area contributed by atoms with Crippen LogP contribution in [0.5, 0.6) is 5.75 Å². The molecule has 2 aromatic carbocycles. The van der Waals surface area contributed by atoms with Gasteiger partial charge in [0.2, 0.25) is 5.91 Å². The van der Waals surface area contributed by atoms with Crippen LogP contribution >= 0.6 is 0 Å². The number of nitrogens with zero attached hydrogens (tertiary/aromatic N) is 2. The van der Waals surface area contributed by atoms with Crippen molar-refractivity contribution in [3.8, 4) is 5.75 Å². The maximum Gasteiger partial charge on any atom is 0.240 e. The van der Waals surface area contributed by atoms with Gasteiger partial charge < -0.3 is 9.64 Å². The Balaban J connectivity index is 1.73. The second kappa shape index (κ2) is 9.33. The number of ether oxygens (including phenoxy) is 1. The summed E-state index contributed by atoms with van der Waals surface area (Å²) in [6, 6.07) is 14.2. The molecule has 1 unspecified atom stereocenters. The fraction of sp³-hybridized carbons (Fsp3) is 0.440. The smallest absolute Gasteiger partial charge is 0.240 e. The van der Waals surface area contributed by atoms with Gasteiger partial charge in [-0.25, -0.2) is 5.43 Å². The van der Waals surface area contributed by atoms with Crippen LogP contribution in [0.15, 0.2) is 47.6 Å². The predicted octanol–water partition coefficient (Wildman–Crippen LogP) is 4.89. The molecule has 1 aliphatic rings. The first kappa shape index (κ1) is 21.9. The number of hydrogen-bond acceptors (Lipinski definition) is 4. The largest absolute Gasteiger partial charge is 0.496 e. The molecule has 2 aromatic rings. The van der Waals surface area contributed by atoms with Crippen LogP contribution in [-0.2, 0) is 11.2 Å². The van der Waals surface area contributed by atoms with E-state index in [1.54, 1.807) is 13.3 Å². The van der Waals surface area contributed by atoms with Gasteiger partial charge in [-0.15, -0.1) is 0 Å². The molecule has 1 heterocycles. The number of hydrazone groups is 1. The minimum atomic E-state index is -0.0979. The lowest BCUT2D eigenvalue weighted by Gasteiger charge is -2.47. The minimum absolute atomic E-state index is 0.0979. The molecule has 1 aliphatic heterocycles. The second-order valence-electron chi connectivity index (χ2n) is 8.59. The van der Waals surface area contributed by atoms with Crippen molar-refractivity contribution in [2.75, 3.05) is 18.6 Å². The van der Waals surface area contributed by atoms with Crippen molar-refractivity contribution in [2.24, 2.45) is 5.10 Å². The minimum Gasteiger partial charge on any atom is -0.496 e. The van der Waals surface area contributed by atoms with Gasteiger partial charge in [-0.3, -0.25) is 4.79 Å². The summed E-state index contributed by atoms with van der Waals surface area (Å²) in [6.07, 6.45) is 3.88. The summed E-state index contributed by atoms with van der Waals surface area (Å²) < 4.78 is 5.64. The Morgan fingerprint density at radius 3 is 2.70 bits per heavy atom. The van der Waals surface area contributed by atoms with E-state index in [0.717, 1.165) is 29.8 Å². The molecule has 5 nitrogen and oxygen atoms in total. The summed E-state index contributed by atoms with van der Waals surface area (Å²) in [5.74, 6) is 1.11. The van der Waals surface area contributed by atoms with Crippen LogP contribution in [0.4, 0.5) is 5.69 Å². The molecule has 0 spiro atoms. The number of rotatable bonds is 7. The highest BCUT2D eigenvalue weighted by Gasteiger charge is 2.36. The van der Waals surface area contributed by atoms with Crippen LogP contribution in [0.3, 0.4) is 0 Å². The molecule has 0 saturated carbocycles. The Kier molecular flexibility index (Phi) is 6.80. The molecule has 1 atom stereocenters. The van der Waals surface area contributed by atoms with Crippen LogP contribution in [-0.4, -0.2) is 31.3 Å². The summed E-state index contributed by atoms with van der Waals surface area (Å²) in [4.78, 5) is 14.6. The Hall–Kier alpha value is -2.82. The number of carbonyl (C=O) groups is 1. The third-order valence-corrected chi connectivity index (χ3v) is 5.93. The van der Waals surface area contributed by atoms with E-state index >= 15 is 0 Å². The van der Waals surface area contributed by atoms with Gasteiger partial charge in [-0.1, -0.05) is 37.3 Å². The lowest BCUT2D eigenvalue weighted by atomic mass is 9.79. The molecule has 1 amide bonds. The number of methoxy groups -OCH3 is 1. The highest BCUT2D eigenvalue weighted by molar-refractivity contribution is 5.87. The highest BCUT2D eigenvalue weighted by atomic mass is 16.5. The lowest BCUT2D eigenvalue weighted by Crippen LogP contribution is -2.48. The van der Waals surface area contributed by atoms with Crippen molar-refractivity contribution in [1.29, 1.82) is 0 Å². The van der Waals surface area contributed by atoms with Gasteiger partial charge >= 0.3 is 0 Å². The first-order valence-electron chi connectivity index (χ1n) is 10.7. The zero-order valence-corrected chi connectivity index (χ0v) is 18.7. The SMILES string of the molecule is CCN1c2cc(OC)c(/C=N/NC(=O)CCc3ccccc3)cc2C(C)CC1(C)C. The van der Waals surface area contributed by atoms with Crippen molar-refractivity contribution in [1.82, 2.24) is 5.43 Å². The number of anilines is 1. The zero-order valence-electron chi connectivity index (χ0n) is 18.7. The first-order chi connectivity index (χ1) is 14.4. The number of aryl methyl sites for hydroxylation is 1. The van der Waals surface area contributed by atoms with E-state index in [4.69, 9.17) is 4.74 Å². The number of fused-ring (bicyclic) bond motifs is 1. The summed E-state index contributed by atoms with van der Waals surface area (Å²) in [5.41, 5.74) is 7.29. The zero-order chi connectivity index (χ0) is 21.7. The summed E-state index contributed by atoms with van der Waals surface area (Å²) in [5, 5.41) is 4.19. The summed E-state index contributed by atoms with van der Waals surface area (Å²) in [6.45, 7) is 9.99. The Labute approximate surface area is 180 Å². The van der Waals surface area contributed by atoms with Crippen molar-refractivity contribution >= 4 is 17.8 Å². The van der Waals surface area contributed by atoms with Gasteiger partial charge in [0, 0.05) is 35.8 Å². The fourth-order valence-corrected chi connectivity index (χ4v) is 4.54. The molecule has 5 heteroatoms. The normalized spacial score (nSPS) is 17.6. The molecule has 160 valence electrons. The van der Waals surface area contributed by atoms with Gasteiger partial charge in [-0.2, -0.15) is 5.10 Å². The maximum absolute atomic E-state index is 12.1. The van der Waals surface area contributed by atoms with Crippen LogP contribution < -0.4 is 15.1 Å². The molecule has 0 aliphatic carbocycles. The average molecular weight is 408 g/mol. The van der Waals surface area contributed by atoms with Gasteiger partial charge in [-0.05, 0) is 56.7 Å². The molecule has 1 N–H and O–H groups in total. The molecule has 30 heavy (non-hydrogen) atoms. The van der Waals surface area contributed by atoms with Gasteiger partial charge in [0.25, 0.3) is 0 Å². The lowest BCUT2D eigenvalue weighted by molar-refractivity contribution is -0.121. The Morgan fingerprint density at radius 2 is 2.03 bits per heavy atom. The van der Waals surface area contributed by atoms with Crippen LogP contribution in [0.2, 0.25) is 0 Å². The van der Waals surface area contributed by atoms with Gasteiger partial charge in [0.15, 0.2) is 0 Å². The standard InChI is InChI=1S/C25H33N3O2/c1-6-28-22-15-23(30-5)20(14-21(22)18(2)16-25(28,3)4)17-26-27-24(29)13-12-19-10-8-7-9-11-19/h7-11,14-15,17-18H,6,12-13,16H2,1-5H3,(H,27,29)/b26-17+. The molecule has 0 radical (unpaired) electrons. The number of benzene rings is 2. The molecule has 0 bridgehead atoms. The van der Waals surface area contributed by atoms with E-state index in [1.165, 1.54) is 11.3 Å². The van der Waals surface area contributed by atoms with Crippen LogP contribution in [0, 0.1) is 0 Å². The predicted molar refractivity (Wildman–Crippen MR) is 124 cm³/mol.